The van der Waals surface area contributed by atoms with Gasteiger partial charge in [0.25, 0.3) is 0 Å². The van der Waals surface area contributed by atoms with Gasteiger partial charge in [-0.25, -0.2) is 0 Å². The Morgan fingerprint density at radius 2 is 1.53 bits per heavy atom. The van der Waals surface area contributed by atoms with Gasteiger partial charge in [0.05, 0.1) is 17.9 Å². The third-order valence-corrected chi connectivity index (χ3v) is 7.61. The first kappa shape index (κ1) is 19.6. The third kappa shape index (κ3) is 2.33. The SMILES string of the molecule is Cc1cccc([C@@H]2OC3(C(=O)c4ccccc4C3=O)[C@@H]3C(=O)N(C4CCCC4)C(=O)[C@@H]32)c1. The summed E-state index contributed by atoms with van der Waals surface area (Å²) in [6.07, 6.45) is 2.63. The predicted molar refractivity (Wildman–Crippen MR) is 114 cm³/mol. The van der Waals surface area contributed by atoms with Gasteiger partial charge in [-0.15, -0.1) is 0 Å². The Hall–Kier alpha value is -3.12. The van der Waals surface area contributed by atoms with Gasteiger partial charge in [-0.3, -0.25) is 24.1 Å². The van der Waals surface area contributed by atoms with Gasteiger partial charge >= 0.3 is 0 Å². The number of Topliss-reactive ketones (excluding diaryl/α,β-unsaturated/α-hetero) is 2. The fourth-order valence-electron chi connectivity index (χ4n) is 6.21. The number of benzene rings is 2. The van der Waals surface area contributed by atoms with Crippen LogP contribution in [-0.4, -0.2) is 39.9 Å². The molecule has 3 atom stereocenters. The molecule has 0 aromatic heterocycles. The molecule has 0 bridgehead atoms. The minimum atomic E-state index is -1.97. The second-order valence-corrected chi connectivity index (χ2v) is 9.38. The molecule has 2 heterocycles. The van der Waals surface area contributed by atoms with E-state index in [4.69, 9.17) is 4.74 Å². The molecule has 0 unspecified atom stereocenters. The molecule has 2 aliphatic carbocycles. The molecule has 2 aliphatic heterocycles. The highest BCUT2D eigenvalue weighted by Gasteiger charge is 2.75. The Kier molecular flexibility index (Phi) is 4.09. The summed E-state index contributed by atoms with van der Waals surface area (Å²) in [6.45, 7) is 1.93. The second kappa shape index (κ2) is 6.69. The zero-order valence-electron chi connectivity index (χ0n) is 17.7. The number of amides is 2. The monoisotopic (exact) mass is 429 g/mol. The maximum Gasteiger partial charge on any atom is 0.237 e. The molecule has 2 aromatic carbocycles. The molecule has 2 amide bonds. The first-order chi connectivity index (χ1) is 15.4. The lowest BCUT2D eigenvalue weighted by Gasteiger charge is -2.29. The predicted octanol–water partition coefficient (Wildman–Crippen LogP) is 3.43. The Morgan fingerprint density at radius 1 is 0.875 bits per heavy atom. The molecule has 1 saturated carbocycles. The maximum absolute atomic E-state index is 13.8. The molecule has 32 heavy (non-hydrogen) atoms. The number of hydrogen-bond acceptors (Lipinski definition) is 5. The molecule has 162 valence electrons. The number of likely N-dealkylation sites (tertiary alicyclic amines) is 1. The van der Waals surface area contributed by atoms with Gasteiger partial charge in [0.15, 0.2) is 0 Å². The summed E-state index contributed by atoms with van der Waals surface area (Å²) in [6, 6.07) is 13.9. The van der Waals surface area contributed by atoms with Crippen LogP contribution in [0.1, 0.15) is 63.6 Å². The molecule has 6 nitrogen and oxygen atoms in total. The van der Waals surface area contributed by atoms with E-state index in [0.717, 1.165) is 31.2 Å². The number of imide groups is 1. The van der Waals surface area contributed by atoms with Crippen LogP contribution in [0, 0.1) is 18.8 Å². The van der Waals surface area contributed by atoms with Crippen LogP contribution in [0.4, 0.5) is 0 Å². The molecule has 3 fully saturated rings. The second-order valence-electron chi connectivity index (χ2n) is 9.38. The number of carbonyl (C=O) groups excluding carboxylic acids is 4. The van der Waals surface area contributed by atoms with Crippen LogP contribution in [-0.2, 0) is 14.3 Å². The van der Waals surface area contributed by atoms with Crippen LogP contribution in [0.25, 0.3) is 0 Å². The van der Waals surface area contributed by atoms with E-state index >= 15 is 0 Å². The molecule has 1 spiro atoms. The smallest absolute Gasteiger partial charge is 0.237 e. The average Bonchev–Trinajstić information content (AvgIpc) is 3.53. The topological polar surface area (TPSA) is 80.8 Å². The molecule has 6 heteroatoms. The van der Waals surface area contributed by atoms with E-state index in [1.807, 2.05) is 31.2 Å². The van der Waals surface area contributed by atoms with Gasteiger partial charge in [0.2, 0.25) is 29.0 Å². The fourth-order valence-corrected chi connectivity index (χ4v) is 6.21. The van der Waals surface area contributed by atoms with Crippen molar-refractivity contribution in [1.82, 2.24) is 4.90 Å². The summed E-state index contributed by atoms with van der Waals surface area (Å²) in [5, 5.41) is 0. The molecule has 2 aromatic rings. The van der Waals surface area contributed by atoms with Crippen molar-refractivity contribution >= 4 is 23.4 Å². The van der Waals surface area contributed by atoms with Crippen molar-refractivity contribution in [3.05, 3.63) is 70.8 Å². The van der Waals surface area contributed by atoms with Crippen molar-refractivity contribution in [1.29, 1.82) is 0 Å². The van der Waals surface area contributed by atoms with Gasteiger partial charge in [-0.05, 0) is 25.3 Å². The van der Waals surface area contributed by atoms with Gasteiger partial charge in [0, 0.05) is 17.2 Å². The fraction of sp³-hybridized carbons (Fsp3) is 0.385. The number of ketones is 2. The number of carbonyl (C=O) groups is 4. The highest BCUT2D eigenvalue weighted by atomic mass is 16.5. The van der Waals surface area contributed by atoms with E-state index in [1.54, 1.807) is 24.3 Å². The van der Waals surface area contributed by atoms with Gasteiger partial charge in [0.1, 0.15) is 0 Å². The van der Waals surface area contributed by atoms with Crippen molar-refractivity contribution in [3.63, 3.8) is 0 Å². The summed E-state index contributed by atoms with van der Waals surface area (Å²) in [4.78, 5) is 56.1. The first-order valence-electron chi connectivity index (χ1n) is 11.2. The number of fused-ring (bicyclic) bond motifs is 3. The van der Waals surface area contributed by atoms with Gasteiger partial charge in [-0.1, -0.05) is 66.9 Å². The number of rotatable bonds is 2. The lowest BCUT2D eigenvalue weighted by molar-refractivity contribution is -0.147. The zero-order valence-corrected chi connectivity index (χ0v) is 17.7. The number of aryl methyl sites for hydroxylation is 1. The van der Waals surface area contributed by atoms with Crippen LogP contribution in [0.3, 0.4) is 0 Å². The van der Waals surface area contributed by atoms with Crippen molar-refractivity contribution in [2.75, 3.05) is 0 Å². The zero-order chi connectivity index (χ0) is 22.2. The third-order valence-electron chi connectivity index (χ3n) is 7.61. The Labute approximate surface area is 185 Å². The Bertz CT molecular complexity index is 1160. The van der Waals surface area contributed by atoms with Crippen molar-refractivity contribution < 1.29 is 23.9 Å². The number of ether oxygens (including phenoxy) is 1. The molecule has 4 aliphatic rings. The largest absolute Gasteiger partial charge is 0.349 e. The molecule has 0 N–H and O–H groups in total. The quantitative estimate of drug-likeness (QED) is 0.540. The normalized spacial score (nSPS) is 28.8. The molecular formula is C26H23NO5. The average molecular weight is 429 g/mol. The minimum Gasteiger partial charge on any atom is -0.349 e. The lowest BCUT2D eigenvalue weighted by Crippen LogP contribution is -2.51. The van der Waals surface area contributed by atoms with E-state index in [0.29, 0.717) is 5.56 Å². The number of hydrogen-bond donors (Lipinski definition) is 0. The van der Waals surface area contributed by atoms with Gasteiger partial charge in [-0.2, -0.15) is 0 Å². The maximum atomic E-state index is 13.8. The first-order valence-corrected chi connectivity index (χ1v) is 11.2. The van der Waals surface area contributed by atoms with E-state index < -0.39 is 41.0 Å². The highest BCUT2D eigenvalue weighted by Crippen LogP contribution is 2.57. The van der Waals surface area contributed by atoms with E-state index in [-0.39, 0.29) is 23.1 Å². The summed E-state index contributed by atoms with van der Waals surface area (Å²) in [7, 11) is 0. The van der Waals surface area contributed by atoms with Crippen LogP contribution >= 0.6 is 0 Å². The van der Waals surface area contributed by atoms with Crippen LogP contribution in [0.15, 0.2) is 48.5 Å². The van der Waals surface area contributed by atoms with Crippen LogP contribution < -0.4 is 0 Å². The highest BCUT2D eigenvalue weighted by molar-refractivity contribution is 6.35. The summed E-state index contributed by atoms with van der Waals surface area (Å²) in [5.41, 5.74) is 0.243. The van der Waals surface area contributed by atoms with E-state index in [1.165, 1.54) is 4.90 Å². The van der Waals surface area contributed by atoms with Crippen molar-refractivity contribution in [2.24, 2.45) is 11.8 Å². The van der Waals surface area contributed by atoms with Crippen molar-refractivity contribution in [3.8, 4) is 0 Å². The van der Waals surface area contributed by atoms with E-state index in [2.05, 4.69) is 0 Å². The summed E-state index contributed by atoms with van der Waals surface area (Å²) >= 11 is 0. The minimum absolute atomic E-state index is 0.162. The Morgan fingerprint density at radius 3 is 2.16 bits per heavy atom. The standard InChI is InChI=1S/C26H23NO5/c1-14-7-6-8-15(13-14)21-19-20(25(31)27(24(19)30)16-9-2-3-10-16)26(32-21)22(28)17-11-4-5-12-18(17)23(26)29/h4-8,11-13,16,19-21H,2-3,9-10H2,1H3/t19-,20-,21-/m0/s1. The van der Waals surface area contributed by atoms with Crippen LogP contribution in [0.5, 0.6) is 0 Å². The Balaban J connectivity index is 1.53. The molecular weight excluding hydrogens is 406 g/mol. The summed E-state index contributed by atoms with van der Waals surface area (Å²) in [5.74, 6) is -3.76. The number of nitrogens with zero attached hydrogens (tertiary/aromatic N) is 1. The lowest BCUT2D eigenvalue weighted by atomic mass is 9.77. The van der Waals surface area contributed by atoms with Gasteiger partial charge < -0.3 is 4.74 Å². The molecule has 2 saturated heterocycles. The summed E-state index contributed by atoms with van der Waals surface area (Å²) < 4.78 is 6.31. The van der Waals surface area contributed by atoms with Crippen molar-refractivity contribution in [2.45, 2.75) is 50.4 Å². The van der Waals surface area contributed by atoms with Crippen LogP contribution in [0.2, 0.25) is 0 Å². The van der Waals surface area contributed by atoms with E-state index in [9.17, 15) is 19.2 Å². The molecule has 0 radical (unpaired) electrons. The molecule has 6 rings (SSSR count).